The standard InChI is InChI=1S/C16H22N4O2S/c1-11-8-20(9-13(11)18(2)3)14(21)4-6-19-10-17-15-12(16(19)22)5-7-23-15/h5,7,10-11,13H,4,6,8-9H2,1-3H3/t11-,13+/m1/s1. The molecule has 0 bridgehead atoms. The van der Waals surface area contributed by atoms with Crippen LogP contribution in [0, 0.1) is 5.92 Å². The van der Waals surface area contributed by atoms with Crippen molar-refractivity contribution in [2.24, 2.45) is 5.92 Å². The summed E-state index contributed by atoms with van der Waals surface area (Å²) >= 11 is 1.45. The molecule has 0 aliphatic carbocycles. The predicted molar refractivity (Wildman–Crippen MR) is 91.7 cm³/mol. The maximum Gasteiger partial charge on any atom is 0.262 e. The molecule has 0 saturated carbocycles. The van der Waals surface area contributed by atoms with Crippen LogP contribution in [0.1, 0.15) is 13.3 Å². The molecule has 0 unspecified atom stereocenters. The number of amides is 1. The van der Waals surface area contributed by atoms with Gasteiger partial charge in [-0.15, -0.1) is 11.3 Å². The zero-order valence-corrected chi connectivity index (χ0v) is 14.5. The molecule has 2 aromatic heterocycles. The van der Waals surface area contributed by atoms with Gasteiger partial charge in [0.25, 0.3) is 5.56 Å². The van der Waals surface area contributed by atoms with Crippen LogP contribution in [0.25, 0.3) is 10.2 Å². The Morgan fingerprint density at radius 3 is 2.91 bits per heavy atom. The number of fused-ring (bicyclic) bond motifs is 1. The van der Waals surface area contributed by atoms with Gasteiger partial charge in [-0.3, -0.25) is 14.2 Å². The van der Waals surface area contributed by atoms with Crippen molar-refractivity contribution in [3.63, 3.8) is 0 Å². The van der Waals surface area contributed by atoms with E-state index < -0.39 is 0 Å². The van der Waals surface area contributed by atoms with Gasteiger partial charge in [-0.1, -0.05) is 6.92 Å². The fourth-order valence-electron chi connectivity index (χ4n) is 3.25. The highest BCUT2D eigenvalue weighted by atomic mass is 32.1. The third kappa shape index (κ3) is 3.16. The first kappa shape index (κ1) is 16.1. The summed E-state index contributed by atoms with van der Waals surface area (Å²) < 4.78 is 1.54. The molecule has 1 aliphatic heterocycles. The first-order valence-corrected chi connectivity index (χ1v) is 8.72. The van der Waals surface area contributed by atoms with E-state index in [1.54, 1.807) is 12.4 Å². The molecule has 6 nitrogen and oxygen atoms in total. The number of likely N-dealkylation sites (tertiary alicyclic amines) is 1. The van der Waals surface area contributed by atoms with Gasteiger partial charge in [0, 0.05) is 32.1 Å². The van der Waals surface area contributed by atoms with Gasteiger partial charge in [0.15, 0.2) is 0 Å². The van der Waals surface area contributed by atoms with Gasteiger partial charge >= 0.3 is 0 Å². The SMILES string of the molecule is C[C@@H]1CN(C(=O)CCn2cnc3sccc3c2=O)C[C@@H]1N(C)C. The normalized spacial score (nSPS) is 21.5. The van der Waals surface area contributed by atoms with Gasteiger partial charge in [-0.05, 0) is 31.5 Å². The zero-order valence-electron chi connectivity index (χ0n) is 13.7. The van der Waals surface area contributed by atoms with E-state index in [1.165, 1.54) is 15.9 Å². The number of likely N-dealkylation sites (N-methyl/N-ethyl adjacent to an activating group) is 1. The number of thiophene rings is 1. The molecule has 2 atom stereocenters. The number of carbonyl (C=O) groups is 1. The number of rotatable bonds is 4. The molecule has 2 aromatic rings. The Balaban J connectivity index is 1.65. The van der Waals surface area contributed by atoms with Crippen molar-refractivity contribution in [1.82, 2.24) is 19.4 Å². The number of hydrogen-bond acceptors (Lipinski definition) is 5. The van der Waals surface area contributed by atoms with Gasteiger partial charge in [0.05, 0.1) is 11.7 Å². The molecule has 1 aliphatic rings. The van der Waals surface area contributed by atoms with Gasteiger partial charge < -0.3 is 9.80 Å². The van der Waals surface area contributed by atoms with Crippen molar-refractivity contribution >= 4 is 27.5 Å². The minimum atomic E-state index is -0.0648. The summed E-state index contributed by atoms with van der Waals surface area (Å²) in [5.74, 6) is 0.582. The molecule has 124 valence electrons. The third-order valence-corrected chi connectivity index (χ3v) is 5.43. The molecule has 0 aromatic carbocycles. The smallest absolute Gasteiger partial charge is 0.262 e. The summed E-state index contributed by atoms with van der Waals surface area (Å²) in [6.45, 7) is 4.12. The second-order valence-corrected chi connectivity index (χ2v) is 7.33. The Labute approximate surface area is 139 Å². The predicted octanol–water partition coefficient (Wildman–Crippen LogP) is 1.26. The van der Waals surface area contributed by atoms with Gasteiger partial charge in [0.2, 0.25) is 5.91 Å². The lowest BCUT2D eigenvalue weighted by atomic mass is 10.1. The van der Waals surface area contributed by atoms with E-state index in [0.29, 0.717) is 30.3 Å². The minimum absolute atomic E-state index is 0.0648. The van der Waals surface area contributed by atoms with E-state index >= 15 is 0 Å². The van der Waals surface area contributed by atoms with Crippen LogP contribution < -0.4 is 5.56 Å². The summed E-state index contributed by atoms with van der Waals surface area (Å²) in [5.41, 5.74) is -0.0648. The highest BCUT2D eigenvalue weighted by Gasteiger charge is 2.33. The third-order valence-electron chi connectivity index (χ3n) is 4.61. The topological polar surface area (TPSA) is 58.4 Å². The molecule has 0 radical (unpaired) electrons. The van der Waals surface area contributed by atoms with Crippen molar-refractivity contribution < 1.29 is 4.79 Å². The summed E-state index contributed by atoms with van der Waals surface area (Å²) in [6.07, 6.45) is 1.88. The number of carbonyl (C=O) groups excluding carboxylic acids is 1. The van der Waals surface area contributed by atoms with E-state index in [-0.39, 0.29) is 11.5 Å². The first-order chi connectivity index (χ1) is 11.0. The first-order valence-electron chi connectivity index (χ1n) is 7.84. The quantitative estimate of drug-likeness (QED) is 0.844. The molecule has 0 spiro atoms. The Kier molecular flexibility index (Phi) is 4.50. The van der Waals surface area contributed by atoms with Crippen molar-refractivity contribution in [3.8, 4) is 0 Å². The van der Waals surface area contributed by atoms with E-state index in [9.17, 15) is 9.59 Å². The largest absolute Gasteiger partial charge is 0.341 e. The highest BCUT2D eigenvalue weighted by molar-refractivity contribution is 7.16. The molecule has 3 heterocycles. The van der Waals surface area contributed by atoms with Crippen LogP contribution in [0.15, 0.2) is 22.6 Å². The lowest BCUT2D eigenvalue weighted by molar-refractivity contribution is -0.130. The van der Waals surface area contributed by atoms with E-state index in [1.807, 2.05) is 10.3 Å². The molecule has 0 N–H and O–H groups in total. The van der Waals surface area contributed by atoms with E-state index in [4.69, 9.17) is 0 Å². The molecule has 1 saturated heterocycles. The van der Waals surface area contributed by atoms with Crippen molar-refractivity contribution in [2.75, 3.05) is 27.2 Å². The fourth-order valence-corrected chi connectivity index (χ4v) is 3.98. The number of aryl methyl sites for hydroxylation is 1. The molecule has 1 amide bonds. The highest BCUT2D eigenvalue weighted by Crippen LogP contribution is 2.20. The molecule has 7 heteroatoms. The second-order valence-electron chi connectivity index (χ2n) is 6.44. The van der Waals surface area contributed by atoms with Crippen molar-refractivity contribution in [2.45, 2.75) is 25.9 Å². The molecule has 3 rings (SSSR count). The number of aromatic nitrogens is 2. The Morgan fingerprint density at radius 2 is 2.22 bits per heavy atom. The maximum absolute atomic E-state index is 12.4. The van der Waals surface area contributed by atoms with Gasteiger partial charge in [-0.2, -0.15) is 0 Å². The lowest BCUT2D eigenvalue weighted by Crippen LogP contribution is -2.36. The van der Waals surface area contributed by atoms with Gasteiger partial charge in [-0.25, -0.2) is 4.98 Å². The van der Waals surface area contributed by atoms with Crippen molar-refractivity contribution in [3.05, 3.63) is 28.1 Å². The molecule has 1 fully saturated rings. The van der Waals surface area contributed by atoms with Gasteiger partial charge in [0.1, 0.15) is 4.83 Å². The number of hydrogen-bond donors (Lipinski definition) is 0. The fraction of sp³-hybridized carbons (Fsp3) is 0.562. The van der Waals surface area contributed by atoms with E-state index in [2.05, 4.69) is 30.9 Å². The molecule has 23 heavy (non-hydrogen) atoms. The number of nitrogens with zero attached hydrogens (tertiary/aromatic N) is 4. The summed E-state index contributed by atoms with van der Waals surface area (Å²) in [4.78, 5) is 33.9. The maximum atomic E-state index is 12.4. The Bertz CT molecular complexity index is 767. The summed E-state index contributed by atoms with van der Waals surface area (Å²) in [6, 6.07) is 2.20. The van der Waals surface area contributed by atoms with Crippen LogP contribution >= 0.6 is 11.3 Å². The average molecular weight is 334 g/mol. The zero-order chi connectivity index (χ0) is 16.6. The second kappa shape index (κ2) is 6.41. The van der Waals surface area contributed by atoms with Crippen LogP contribution in [0.2, 0.25) is 0 Å². The molecular weight excluding hydrogens is 312 g/mol. The van der Waals surface area contributed by atoms with Crippen LogP contribution in [0.5, 0.6) is 0 Å². The van der Waals surface area contributed by atoms with Crippen LogP contribution in [-0.4, -0.2) is 58.5 Å². The van der Waals surface area contributed by atoms with E-state index in [0.717, 1.165) is 17.9 Å². The van der Waals surface area contributed by atoms with Crippen LogP contribution in [-0.2, 0) is 11.3 Å². The lowest BCUT2D eigenvalue weighted by Gasteiger charge is -2.22. The summed E-state index contributed by atoms with van der Waals surface area (Å²) in [5, 5.41) is 2.49. The van der Waals surface area contributed by atoms with Crippen LogP contribution in [0.4, 0.5) is 0 Å². The Hall–Kier alpha value is -1.73. The molecular formula is C16H22N4O2S. The average Bonchev–Trinajstić information content (AvgIpc) is 3.13. The monoisotopic (exact) mass is 334 g/mol. The minimum Gasteiger partial charge on any atom is -0.341 e. The Morgan fingerprint density at radius 1 is 1.43 bits per heavy atom. The summed E-state index contributed by atoms with van der Waals surface area (Å²) in [7, 11) is 4.10. The van der Waals surface area contributed by atoms with Crippen LogP contribution in [0.3, 0.4) is 0 Å². The van der Waals surface area contributed by atoms with Crippen molar-refractivity contribution in [1.29, 1.82) is 0 Å².